The molecule has 1 aliphatic heterocycles. The van der Waals surface area contributed by atoms with Gasteiger partial charge in [0.2, 0.25) is 12.2 Å². The van der Waals surface area contributed by atoms with Gasteiger partial charge in [0.25, 0.3) is 0 Å². The first-order valence-electron chi connectivity index (χ1n) is 13.4. The number of carbonyl (C=O) groups excluding carboxylic acids is 1. The Hall–Kier alpha value is -4.40. The van der Waals surface area contributed by atoms with E-state index in [-0.39, 0.29) is 35.2 Å². The zero-order valence-corrected chi connectivity index (χ0v) is 23.6. The van der Waals surface area contributed by atoms with Gasteiger partial charge in [0.05, 0.1) is 20.8 Å². The largest absolute Gasteiger partial charge is 0.493 e. The van der Waals surface area contributed by atoms with Crippen LogP contribution in [0.3, 0.4) is 0 Å². The van der Waals surface area contributed by atoms with E-state index < -0.39 is 49.3 Å². The van der Waals surface area contributed by atoms with Crippen LogP contribution in [0, 0.1) is 5.41 Å². The van der Waals surface area contributed by atoms with E-state index in [1.165, 1.54) is 26.4 Å². The lowest BCUT2D eigenvalue weighted by Gasteiger charge is -2.40. The molecule has 0 bridgehead atoms. The molecule has 43 heavy (non-hydrogen) atoms. The monoisotopic (exact) mass is 596 g/mol. The summed E-state index contributed by atoms with van der Waals surface area (Å²) in [5.41, 5.74) is 7.71. The minimum atomic E-state index is -1.70. The number of methoxy groups -OCH3 is 2. The molecular weight excluding hydrogens is 560 g/mol. The van der Waals surface area contributed by atoms with E-state index in [0.29, 0.717) is 11.3 Å². The van der Waals surface area contributed by atoms with Gasteiger partial charge in [-0.25, -0.2) is 0 Å². The summed E-state index contributed by atoms with van der Waals surface area (Å²) in [5.74, 6) is -0.0350. The second kappa shape index (κ2) is 14.2. The van der Waals surface area contributed by atoms with E-state index in [1.54, 1.807) is 24.3 Å². The van der Waals surface area contributed by atoms with Crippen LogP contribution < -0.4 is 30.6 Å². The predicted octanol–water partition coefficient (Wildman–Crippen LogP) is 0.636. The van der Waals surface area contributed by atoms with E-state index in [9.17, 15) is 25.2 Å². The van der Waals surface area contributed by atoms with Gasteiger partial charge in [0, 0.05) is 29.4 Å². The molecule has 3 aromatic carbocycles. The topological polar surface area (TPSA) is 209 Å². The van der Waals surface area contributed by atoms with Gasteiger partial charge < -0.3 is 55.7 Å². The van der Waals surface area contributed by atoms with E-state index in [4.69, 9.17) is 30.1 Å². The lowest BCUT2D eigenvalue weighted by Crippen LogP contribution is -2.60. The molecule has 230 valence electrons. The summed E-state index contributed by atoms with van der Waals surface area (Å²) < 4.78 is 22.5. The van der Waals surface area contributed by atoms with Crippen molar-refractivity contribution < 1.29 is 44.2 Å². The first kappa shape index (κ1) is 31.5. The Bertz CT molecular complexity index is 1390. The first-order valence-corrected chi connectivity index (χ1v) is 13.4. The third-order valence-corrected chi connectivity index (χ3v) is 7.00. The van der Waals surface area contributed by atoms with Gasteiger partial charge in [-0.2, -0.15) is 0 Å². The Kier molecular flexibility index (Phi) is 10.4. The van der Waals surface area contributed by atoms with Crippen molar-refractivity contribution in [3.63, 3.8) is 0 Å². The van der Waals surface area contributed by atoms with Gasteiger partial charge >= 0.3 is 0 Å². The van der Waals surface area contributed by atoms with Crippen LogP contribution in [0.2, 0.25) is 0 Å². The standard InChI is InChI=1S/C30H36N4O9/c1-40-21-12-19(20(13-22(21)41-2)42-30-27(38)26(37)25(36)23(15-35)43-30)24(29(39)33-14-16-6-4-3-5-7-16)34-18-10-8-17(9-11-18)28(31)32/h3-13,23-27,30,34-38H,14-15H2,1-2H3,(H3,31,32)(H,33,39)/t23-,24-,25-,26+,27-,30-/m1/s1. The number of ether oxygens (including phenoxy) is 4. The van der Waals surface area contributed by atoms with E-state index in [1.807, 2.05) is 30.3 Å². The minimum Gasteiger partial charge on any atom is -0.493 e. The SMILES string of the molecule is COc1cc(O[C@@H]2O[C@H](CO)[C@@H](O)[C@H](O)[C@H]2O)c([C@@H](Nc2ccc(C(=N)N)cc2)C(=O)NCc2ccccc2)cc1OC. The predicted molar refractivity (Wildman–Crippen MR) is 156 cm³/mol. The summed E-state index contributed by atoms with van der Waals surface area (Å²) in [6, 6.07) is 17.7. The van der Waals surface area contributed by atoms with Gasteiger partial charge in [-0.15, -0.1) is 0 Å². The molecular formula is C30H36N4O9. The fourth-order valence-electron chi connectivity index (χ4n) is 4.58. The lowest BCUT2D eigenvalue weighted by atomic mass is 9.99. The Balaban J connectivity index is 1.75. The van der Waals surface area contributed by atoms with Crippen LogP contribution in [0.25, 0.3) is 0 Å². The molecule has 0 radical (unpaired) electrons. The summed E-state index contributed by atoms with van der Waals surface area (Å²) in [7, 11) is 2.84. The summed E-state index contributed by atoms with van der Waals surface area (Å²) in [4.78, 5) is 13.8. The highest BCUT2D eigenvalue weighted by atomic mass is 16.7. The third kappa shape index (κ3) is 7.34. The third-order valence-electron chi connectivity index (χ3n) is 7.00. The number of rotatable bonds is 12. The Morgan fingerprint density at radius 2 is 1.60 bits per heavy atom. The average Bonchev–Trinajstić information content (AvgIpc) is 3.03. The maximum absolute atomic E-state index is 13.8. The molecule has 1 amide bonds. The van der Waals surface area contributed by atoms with Gasteiger partial charge in [0.1, 0.15) is 42.0 Å². The number of carbonyl (C=O) groups is 1. The molecule has 1 heterocycles. The summed E-state index contributed by atoms with van der Waals surface area (Å²) in [6.45, 7) is -0.427. The van der Waals surface area contributed by atoms with Crippen molar-refractivity contribution in [1.82, 2.24) is 5.32 Å². The number of anilines is 1. The molecule has 4 rings (SSSR count). The molecule has 6 atom stereocenters. The average molecular weight is 597 g/mol. The molecule has 9 N–H and O–H groups in total. The number of hydrogen-bond acceptors (Lipinski definition) is 11. The van der Waals surface area contributed by atoms with Gasteiger partial charge in [-0.3, -0.25) is 10.2 Å². The van der Waals surface area contributed by atoms with Crippen LogP contribution in [-0.4, -0.2) is 83.7 Å². The van der Waals surface area contributed by atoms with Crippen molar-refractivity contribution in [2.45, 2.75) is 43.3 Å². The van der Waals surface area contributed by atoms with Crippen molar-refractivity contribution in [1.29, 1.82) is 5.41 Å². The molecule has 3 aromatic rings. The summed E-state index contributed by atoms with van der Waals surface area (Å²) >= 11 is 0. The fourth-order valence-corrected chi connectivity index (χ4v) is 4.58. The number of amides is 1. The van der Waals surface area contributed by atoms with Crippen LogP contribution in [0.5, 0.6) is 17.2 Å². The molecule has 13 heteroatoms. The Labute approximate surface area is 248 Å². The zero-order chi connectivity index (χ0) is 31.1. The van der Waals surface area contributed by atoms with Gasteiger partial charge in [-0.1, -0.05) is 30.3 Å². The number of aliphatic hydroxyl groups is 4. The molecule has 1 aliphatic rings. The molecule has 1 fully saturated rings. The minimum absolute atomic E-state index is 0.0229. The van der Waals surface area contributed by atoms with E-state index in [2.05, 4.69) is 10.6 Å². The molecule has 0 saturated carbocycles. The van der Waals surface area contributed by atoms with E-state index >= 15 is 0 Å². The van der Waals surface area contributed by atoms with Crippen LogP contribution in [0.15, 0.2) is 66.7 Å². The molecule has 0 aromatic heterocycles. The smallest absolute Gasteiger partial charge is 0.247 e. The van der Waals surface area contributed by atoms with Crippen LogP contribution >= 0.6 is 0 Å². The van der Waals surface area contributed by atoms with Crippen molar-refractivity contribution in [2.24, 2.45) is 5.73 Å². The fraction of sp³-hybridized carbons (Fsp3) is 0.333. The van der Waals surface area contributed by atoms with Crippen LogP contribution in [0.4, 0.5) is 5.69 Å². The Morgan fingerprint density at radius 1 is 0.953 bits per heavy atom. The highest BCUT2D eigenvalue weighted by Gasteiger charge is 2.45. The normalized spacial score (nSPS) is 22.2. The second-order valence-corrected chi connectivity index (χ2v) is 9.83. The number of nitrogens with two attached hydrogens (primary N) is 1. The lowest BCUT2D eigenvalue weighted by molar-refractivity contribution is -0.277. The van der Waals surface area contributed by atoms with Crippen molar-refractivity contribution in [2.75, 3.05) is 26.1 Å². The van der Waals surface area contributed by atoms with E-state index in [0.717, 1.165) is 5.56 Å². The second-order valence-electron chi connectivity index (χ2n) is 9.83. The van der Waals surface area contributed by atoms with Gasteiger partial charge in [0.15, 0.2) is 11.5 Å². The highest BCUT2D eigenvalue weighted by Crippen LogP contribution is 2.40. The van der Waals surface area contributed by atoms with Crippen molar-refractivity contribution >= 4 is 17.4 Å². The number of aliphatic hydroxyl groups excluding tert-OH is 4. The number of nitrogens with one attached hydrogen (secondary N) is 3. The number of amidine groups is 1. The van der Waals surface area contributed by atoms with Crippen LogP contribution in [0.1, 0.15) is 22.7 Å². The number of benzene rings is 3. The molecule has 0 aliphatic carbocycles. The number of nitrogen functional groups attached to an aromatic ring is 1. The van der Waals surface area contributed by atoms with Crippen LogP contribution in [-0.2, 0) is 16.1 Å². The molecule has 13 nitrogen and oxygen atoms in total. The van der Waals surface area contributed by atoms with Crippen molar-refractivity contribution in [3.8, 4) is 17.2 Å². The maximum atomic E-state index is 13.8. The summed E-state index contributed by atoms with van der Waals surface area (Å²) in [6.07, 6.45) is -7.70. The molecule has 0 spiro atoms. The maximum Gasteiger partial charge on any atom is 0.247 e. The number of hydrogen-bond donors (Lipinski definition) is 8. The quantitative estimate of drug-likeness (QED) is 0.107. The Morgan fingerprint density at radius 3 is 2.21 bits per heavy atom. The highest BCUT2D eigenvalue weighted by molar-refractivity contribution is 5.95. The first-order chi connectivity index (χ1) is 20.7. The molecule has 0 unspecified atom stereocenters. The summed E-state index contributed by atoms with van der Waals surface area (Å²) in [5, 5.41) is 54.6. The van der Waals surface area contributed by atoms with Gasteiger partial charge in [-0.05, 0) is 35.9 Å². The molecule has 1 saturated heterocycles. The zero-order valence-electron chi connectivity index (χ0n) is 23.6. The van der Waals surface area contributed by atoms with Crippen molar-refractivity contribution in [3.05, 3.63) is 83.4 Å².